The minimum Gasteiger partial charge on any atom is -0.406 e. The molecule has 0 spiro atoms. The van der Waals surface area contributed by atoms with E-state index in [1.807, 2.05) is 68.8 Å². The highest BCUT2D eigenvalue weighted by atomic mass is 32.1. The number of thiazole rings is 1. The summed E-state index contributed by atoms with van der Waals surface area (Å²) in [5, 5.41) is 10.8. The first-order valence-corrected chi connectivity index (χ1v) is 16.0. The molecule has 0 saturated carbocycles. The maximum atomic E-state index is 14.0. The van der Waals surface area contributed by atoms with Crippen molar-refractivity contribution >= 4 is 35.6 Å². The molecule has 0 aliphatic heterocycles. The van der Waals surface area contributed by atoms with E-state index in [1.54, 1.807) is 13.1 Å². The van der Waals surface area contributed by atoms with Gasteiger partial charge < -0.3 is 10.1 Å². The van der Waals surface area contributed by atoms with Crippen LogP contribution < -0.4 is 19.9 Å². The van der Waals surface area contributed by atoms with Crippen LogP contribution in [0.1, 0.15) is 56.0 Å². The van der Waals surface area contributed by atoms with E-state index in [-0.39, 0.29) is 22.9 Å². The van der Waals surface area contributed by atoms with E-state index >= 15 is 0 Å². The average Bonchev–Trinajstić information content (AvgIpc) is 3.37. The Balaban J connectivity index is 1.41. The lowest BCUT2D eigenvalue weighted by Gasteiger charge is -2.24. The maximum absolute atomic E-state index is 14.0. The number of anilines is 1. The SMILES string of the molecule is C=N/C(=N\N(C)c1ccc(OC(F)(F)F)cc1)c1ccc(CC(C)(C)CNC(=O)/N=c2\scc(C)n2-c2ccc(F)cc2C(C)C)cc1. The number of rotatable bonds is 10. The predicted octanol–water partition coefficient (Wildman–Crippen LogP) is 8.39. The van der Waals surface area contributed by atoms with Gasteiger partial charge in [-0.1, -0.05) is 52.0 Å². The number of carbonyl (C=O) groups is 1. The van der Waals surface area contributed by atoms with Crippen molar-refractivity contribution in [3.63, 3.8) is 0 Å². The van der Waals surface area contributed by atoms with Crippen LogP contribution in [-0.4, -0.2) is 43.1 Å². The van der Waals surface area contributed by atoms with Gasteiger partial charge in [-0.15, -0.1) is 24.5 Å². The summed E-state index contributed by atoms with van der Waals surface area (Å²) in [6.07, 6.45) is -4.12. The third kappa shape index (κ3) is 9.63. The first-order chi connectivity index (χ1) is 22.5. The fourth-order valence-electron chi connectivity index (χ4n) is 5.03. The Bertz CT molecular complexity index is 1840. The summed E-state index contributed by atoms with van der Waals surface area (Å²) >= 11 is 1.34. The number of aromatic nitrogens is 1. The molecule has 0 radical (unpaired) electrons. The van der Waals surface area contributed by atoms with Gasteiger partial charge in [-0.25, -0.2) is 14.2 Å². The van der Waals surface area contributed by atoms with Crippen LogP contribution in [0.15, 0.2) is 87.2 Å². The Morgan fingerprint density at radius 2 is 1.73 bits per heavy atom. The second-order valence-electron chi connectivity index (χ2n) is 12.3. The topological polar surface area (TPSA) is 83.6 Å². The number of urea groups is 1. The summed E-state index contributed by atoms with van der Waals surface area (Å²) in [6.45, 7) is 14.0. The Morgan fingerprint density at radius 3 is 2.33 bits per heavy atom. The largest absolute Gasteiger partial charge is 0.573 e. The first-order valence-electron chi connectivity index (χ1n) is 15.1. The van der Waals surface area contributed by atoms with Crippen molar-refractivity contribution in [2.75, 3.05) is 18.6 Å². The van der Waals surface area contributed by atoms with Gasteiger partial charge in [-0.2, -0.15) is 10.1 Å². The third-order valence-electron chi connectivity index (χ3n) is 7.38. The number of hydrazone groups is 1. The molecule has 0 atom stereocenters. The van der Waals surface area contributed by atoms with Crippen molar-refractivity contribution < 1.29 is 27.1 Å². The standard InChI is InChI=1S/C35H38F4N6O2S/c1-22(2)29-18-26(36)12-17-30(29)45-23(3)20-48-33(45)42-32(46)41-21-34(4,5)19-24-8-10-25(11-9-24)31(40-6)43-44(7)27-13-15-28(16-14-27)47-35(37,38)39/h8-18,20,22H,6,19,21H2,1-5,7H3,(H,41,46)/b42-33-,43-31-. The molecule has 3 aromatic carbocycles. The number of hydrogen-bond donors (Lipinski definition) is 1. The molecule has 0 saturated heterocycles. The minimum atomic E-state index is -4.77. The van der Waals surface area contributed by atoms with Crippen molar-refractivity contribution in [2.24, 2.45) is 20.5 Å². The normalized spacial score (nSPS) is 12.7. The molecule has 1 aromatic heterocycles. The number of hydrogen-bond acceptors (Lipinski definition) is 5. The second-order valence-corrected chi connectivity index (χ2v) is 13.1. The third-order valence-corrected chi connectivity index (χ3v) is 8.32. The van der Waals surface area contributed by atoms with Crippen LogP contribution in [0.4, 0.5) is 28.0 Å². The van der Waals surface area contributed by atoms with Crippen molar-refractivity contribution in [1.82, 2.24) is 9.88 Å². The molecular weight excluding hydrogens is 644 g/mol. The smallest absolute Gasteiger partial charge is 0.406 e. The average molecular weight is 683 g/mol. The van der Waals surface area contributed by atoms with Gasteiger partial charge in [-0.3, -0.25) is 9.58 Å². The van der Waals surface area contributed by atoms with Crippen molar-refractivity contribution in [2.45, 2.75) is 53.3 Å². The predicted molar refractivity (Wildman–Crippen MR) is 183 cm³/mol. The van der Waals surface area contributed by atoms with Crippen molar-refractivity contribution in [3.8, 4) is 11.4 Å². The van der Waals surface area contributed by atoms with Gasteiger partial charge in [0.25, 0.3) is 0 Å². The lowest BCUT2D eigenvalue weighted by molar-refractivity contribution is -0.274. The number of nitrogens with one attached hydrogen (secondary N) is 1. The molecule has 0 fully saturated rings. The van der Waals surface area contributed by atoms with Gasteiger partial charge in [0.2, 0.25) is 0 Å². The number of alkyl halides is 3. The zero-order valence-corrected chi connectivity index (χ0v) is 28.4. The van der Waals surface area contributed by atoms with E-state index in [2.05, 4.69) is 31.9 Å². The quantitative estimate of drug-likeness (QED) is 0.0790. The van der Waals surface area contributed by atoms with E-state index in [4.69, 9.17) is 0 Å². The molecule has 1 N–H and O–H groups in total. The monoisotopic (exact) mass is 682 g/mol. The summed E-state index contributed by atoms with van der Waals surface area (Å²) in [5.74, 6) is -0.238. The van der Waals surface area contributed by atoms with Crippen LogP contribution in [-0.2, 0) is 6.42 Å². The molecule has 0 aliphatic rings. The molecule has 4 aromatic rings. The molecule has 0 bridgehead atoms. The Morgan fingerprint density at radius 1 is 1.06 bits per heavy atom. The Hall–Kier alpha value is -4.78. The van der Waals surface area contributed by atoms with E-state index < -0.39 is 12.4 Å². The molecule has 0 aliphatic carbocycles. The molecule has 8 nitrogen and oxygen atoms in total. The van der Waals surface area contributed by atoms with Crippen molar-refractivity contribution in [3.05, 3.63) is 105 Å². The zero-order chi connectivity index (χ0) is 35.2. The zero-order valence-electron chi connectivity index (χ0n) is 27.6. The molecular formula is C35H38F4N6O2S. The Kier molecular flexibility index (Phi) is 11.2. The number of amides is 2. The first kappa shape index (κ1) is 36.1. The van der Waals surface area contributed by atoms with Gasteiger partial charge in [-0.05, 0) is 85.0 Å². The lowest BCUT2D eigenvalue weighted by Crippen LogP contribution is -2.35. The summed E-state index contributed by atoms with van der Waals surface area (Å²) in [4.78, 5) is 21.8. The number of aryl methyl sites for hydroxylation is 1. The highest BCUT2D eigenvalue weighted by Crippen LogP contribution is 2.27. The van der Waals surface area contributed by atoms with Crippen LogP contribution in [0.2, 0.25) is 0 Å². The van der Waals surface area contributed by atoms with Crippen LogP contribution >= 0.6 is 11.3 Å². The number of nitrogens with zero attached hydrogens (tertiary/aromatic N) is 5. The minimum absolute atomic E-state index is 0.0727. The van der Waals surface area contributed by atoms with E-state index in [9.17, 15) is 22.4 Å². The van der Waals surface area contributed by atoms with E-state index in [0.717, 1.165) is 22.5 Å². The summed E-state index contributed by atoms with van der Waals surface area (Å²) in [7, 11) is 1.65. The van der Waals surface area contributed by atoms with E-state index in [1.165, 1.54) is 52.7 Å². The van der Waals surface area contributed by atoms with Crippen LogP contribution in [0.3, 0.4) is 0 Å². The number of halogens is 4. The van der Waals surface area contributed by atoms with Gasteiger partial charge in [0.05, 0.1) is 11.4 Å². The van der Waals surface area contributed by atoms with Crippen molar-refractivity contribution in [1.29, 1.82) is 0 Å². The summed E-state index contributed by atoms with van der Waals surface area (Å²) in [5.41, 5.74) is 4.45. The highest BCUT2D eigenvalue weighted by molar-refractivity contribution is 7.07. The molecule has 4 rings (SSSR count). The molecule has 1 heterocycles. The highest BCUT2D eigenvalue weighted by Gasteiger charge is 2.31. The molecule has 48 heavy (non-hydrogen) atoms. The van der Waals surface area contributed by atoms with Gasteiger partial charge in [0, 0.05) is 30.2 Å². The number of ether oxygens (including phenoxy) is 1. The van der Waals surface area contributed by atoms with Crippen LogP contribution in [0.5, 0.6) is 5.75 Å². The number of aliphatic imine (C=N–C) groups is 1. The molecule has 2 amide bonds. The van der Waals surface area contributed by atoms with E-state index in [0.29, 0.717) is 34.9 Å². The number of amidine groups is 1. The van der Waals surface area contributed by atoms with Gasteiger partial charge >= 0.3 is 12.4 Å². The number of benzene rings is 3. The molecule has 254 valence electrons. The fraction of sp³-hybridized carbons (Fsp3) is 0.314. The molecule has 0 unspecified atom stereocenters. The fourth-order valence-corrected chi connectivity index (χ4v) is 5.89. The number of carbonyl (C=O) groups excluding carboxylic acids is 1. The van der Waals surface area contributed by atoms with Crippen LogP contribution in [0.25, 0.3) is 5.69 Å². The molecule has 13 heteroatoms. The van der Waals surface area contributed by atoms with Gasteiger partial charge in [0.15, 0.2) is 10.6 Å². The second kappa shape index (κ2) is 15.0. The van der Waals surface area contributed by atoms with Gasteiger partial charge in [0.1, 0.15) is 11.6 Å². The summed E-state index contributed by atoms with van der Waals surface area (Å²) < 4.78 is 57.2. The summed E-state index contributed by atoms with van der Waals surface area (Å²) in [6, 6.07) is 17.1. The Labute approximate surface area is 281 Å². The lowest BCUT2D eigenvalue weighted by atomic mass is 9.85. The maximum Gasteiger partial charge on any atom is 0.573 e. The van der Waals surface area contributed by atoms with Crippen LogP contribution in [0, 0.1) is 18.2 Å².